The number of rotatable bonds is 4. The molecule has 2 N–H and O–H groups in total. The van der Waals surface area contributed by atoms with Crippen LogP contribution in [0.4, 0.5) is 11.4 Å². The third kappa shape index (κ3) is 5.10. The van der Waals surface area contributed by atoms with Gasteiger partial charge >= 0.3 is 0 Å². The molecule has 0 saturated carbocycles. The Morgan fingerprint density at radius 3 is 2.42 bits per heavy atom. The van der Waals surface area contributed by atoms with Gasteiger partial charge in [0.1, 0.15) is 0 Å². The van der Waals surface area contributed by atoms with Gasteiger partial charge in [0, 0.05) is 38.2 Å². The first-order valence-corrected chi connectivity index (χ1v) is 11.7. The smallest absolute Gasteiger partial charge is 0.258 e. The van der Waals surface area contributed by atoms with Gasteiger partial charge in [0.05, 0.1) is 16.4 Å². The molecule has 3 aromatic rings. The molecule has 0 spiro atoms. The van der Waals surface area contributed by atoms with Crippen molar-refractivity contribution in [2.24, 2.45) is 0 Å². The SMILES string of the molecule is CCC(=O)N1CCN(c2c(Cl)cccc2NC(=S)NC(=O)c2cccc3ccccc23)CC1. The standard InChI is InChI=1S/C25H25ClN4O2S/c1-2-22(31)29-13-15-30(16-14-29)23-20(26)11-6-12-21(23)27-25(33)28-24(32)19-10-5-8-17-7-3-4-9-18(17)19/h3-12H,2,13-16H2,1H3,(H2,27,28,32,33). The summed E-state index contributed by atoms with van der Waals surface area (Å²) in [5, 5.41) is 8.54. The monoisotopic (exact) mass is 480 g/mol. The summed E-state index contributed by atoms with van der Waals surface area (Å²) in [5.74, 6) is -0.121. The molecule has 8 heteroatoms. The van der Waals surface area contributed by atoms with Crippen LogP contribution in [-0.2, 0) is 4.79 Å². The predicted molar refractivity (Wildman–Crippen MR) is 138 cm³/mol. The van der Waals surface area contributed by atoms with Crippen LogP contribution in [0.2, 0.25) is 5.02 Å². The van der Waals surface area contributed by atoms with E-state index in [4.69, 9.17) is 23.8 Å². The van der Waals surface area contributed by atoms with Crippen LogP contribution in [0.25, 0.3) is 10.8 Å². The molecule has 0 aliphatic carbocycles. The highest BCUT2D eigenvalue weighted by Crippen LogP contribution is 2.34. The van der Waals surface area contributed by atoms with Gasteiger partial charge in [0.25, 0.3) is 5.91 Å². The molecule has 0 bridgehead atoms. The first-order valence-electron chi connectivity index (χ1n) is 10.9. The van der Waals surface area contributed by atoms with Gasteiger partial charge < -0.3 is 15.1 Å². The highest BCUT2D eigenvalue weighted by atomic mass is 35.5. The van der Waals surface area contributed by atoms with E-state index in [1.54, 1.807) is 6.07 Å². The number of amides is 2. The molecule has 1 fully saturated rings. The van der Waals surface area contributed by atoms with Crippen molar-refractivity contribution in [1.82, 2.24) is 10.2 Å². The van der Waals surface area contributed by atoms with Gasteiger partial charge in [-0.1, -0.05) is 61.0 Å². The minimum absolute atomic E-state index is 0.157. The highest BCUT2D eigenvalue weighted by Gasteiger charge is 2.24. The largest absolute Gasteiger partial charge is 0.365 e. The molecular weight excluding hydrogens is 456 g/mol. The molecule has 0 unspecified atom stereocenters. The molecule has 2 amide bonds. The Hall–Kier alpha value is -3.16. The maximum atomic E-state index is 12.9. The number of thiocarbonyl (C=S) groups is 1. The van der Waals surface area contributed by atoms with Crippen molar-refractivity contribution in [3.8, 4) is 0 Å². The van der Waals surface area contributed by atoms with Crippen molar-refractivity contribution in [2.75, 3.05) is 36.4 Å². The Morgan fingerprint density at radius 2 is 1.67 bits per heavy atom. The number of carbonyl (C=O) groups excluding carboxylic acids is 2. The van der Waals surface area contributed by atoms with Crippen LogP contribution in [0, 0.1) is 0 Å². The quantitative estimate of drug-likeness (QED) is 0.531. The normalized spacial score (nSPS) is 13.6. The van der Waals surface area contributed by atoms with Crippen LogP contribution in [0.15, 0.2) is 60.7 Å². The Bertz CT molecular complexity index is 1200. The van der Waals surface area contributed by atoms with E-state index in [9.17, 15) is 9.59 Å². The summed E-state index contributed by atoms with van der Waals surface area (Å²) in [6, 6.07) is 18.9. The molecule has 0 radical (unpaired) electrons. The summed E-state index contributed by atoms with van der Waals surface area (Å²) in [6.45, 7) is 4.48. The predicted octanol–water partition coefficient (Wildman–Crippen LogP) is 4.68. The van der Waals surface area contributed by atoms with Gasteiger partial charge in [0.2, 0.25) is 5.91 Å². The minimum Gasteiger partial charge on any atom is -0.365 e. The summed E-state index contributed by atoms with van der Waals surface area (Å²) in [4.78, 5) is 28.9. The molecule has 1 saturated heterocycles. The molecule has 0 aromatic heterocycles. The van der Waals surface area contributed by atoms with E-state index in [1.165, 1.54) is 0 Å². The van der Waals surface area contributed by atoms with Gasteiger partial charge in [-0.2, -0.15) is 0 Å². The van der Waals surface area contributed by atoms with Gasteiger partial charge in [-0.3, -0.25) is 14.9 Å². The van der Waals surface area contributed by atoms with Crippen molar-refractivity contribution in [1.29, 1.82) is 0 Å². The maximum Gasteiger partial charge on any atom is 0.258 e. The Labute approximate surface area is 203 Å². The summed E-state index contributed by atoms with van der Waals surface area (Å²) in [5.41, 5.74) is 2.07. The van der Waals surface area contributed by atoms with Crippen molar-refractivity contribution in [3.63, 3.8) is 0 Å². The third-order valence-electron chi connectivity index (χ3n) is 5.75. The number of para-hydroxylation sites is 1. The van der Waals surface area contributed by atoms with E-state index < -0.39 is 0 Å². The van der Waals surface area contributed by atoms with Gasteiger partial charge in [-0.05, 0) is 41.2 Å². The number of piperazine rings is 1. The molecule has 6 nitrogen and oxygen atoms in total. The average molecular weight is 481 g/mol. The van der Waals surface area contributed by atoms with E-state index >= 15 is 0 Å². The lowest BCUT2D eigenvalue weighted by Crippen LogP contribution is -2.49. The molecule has 170 valence electrons. The molecular formula is C25H25ClN4O2S. The second-order valence-electron chi connectivity index (χ2n) is 7.79. The lowest BCUT2D eigenvalue weighted by Gasteiger charge is -2.37. The van der Waals surface area contributed by atoms with Crippen molar-refractivity contribution >= 4 is 62.9 Å². The van der Waals surface area contributed by atoms with Crippen LogP contribution < -0.4 is 15.5 Å². The second kappa shape index (κ2) is 10.2. The number of hydrogen-bond acceptors (Lipinski definition) is 4. The van der Waals surface area contributed by atoms with Gasteiger partial charge in [-0.25, -0.2) is 0 Å². The van der Waals surface area contributed by atoms with Crippen LogP contribution >= 0.6 is 23.8 Å². The molecule has 1 heterocycles. The highest BCUT2D eigenvalue weighted by molar-refractivity contribution is 7.80. The molecule has 1 aliphatic rings. The van der Waals surface area contributed by atoms with Gasteiger partial charge in [0.15, 0.2) is 5.11 Å². The topological polar surface area (TPSA) is 64.7 Å². The number of carbonyl (C=O) groups is 2. The van der Waals surface area contributed by atoms with Gasteiger partial charge in [-0.15, -0.1) is 0 Å². The zero-order chi connectivity index (χ0) is 23.4. The number of fused-ring (bicyclic) bond motifs is 1. The van der Waals surface area contributed by atoms with E-state index in [-0.39, 0.29) is 16.9 Å². The van der Waals surface area contributed by atoms with Crippen LogP contribution in [-0.4, -0.2) is 48.0 Å². The second-order valence-corrected chi connectivity index (χ2v) is 8.61. The van der Waals surface area contributed by atoms with Crippen LogP contribution in [0.3, 0.4) is 0 Å². The Morgan fingerprint density at radius 1 is 0.970 bits per heavy atom. The van der Waals surface area contributed by atoms with E-state index in [1.807, 2.05) is 66.4 Å². The zero-order valence-electron chi connectivity index (χ0n) is 18.3. The summed E-state index contributed by atoms with van der Waals surface area (Å²) < 4.78 is 0. The average Bonchev–Trinajstić information content (AvgIpc) is 2.83. The number of halogens is 1. The molecule has 0 atom stereocenters. The summed E-state index contributed by atoms with van der Waals surface area (Å²) in [6.07, 6.45) is 0.504. The van der Waals surface area contributed by atoms with E-state index in [2.05, 4.69) is 15.5 Å². The number of benzene rings is 3. The fourth-order valence-corrected chi connectivity index (χ4v) is 4.58. The number of nitrogens with zero attached hydrogens (tertiary/aromatic N) is 2. The lowest BCUT2D eigenvalue weighted by atomic mass is 10.0. The Balaban J connectivity index is 1.48. The zero-order valence-corrected chi connectivity index (χ0v) is 19.9. The van der Waals surface area contributed by atoms with E-state index in [0.29, 0.717) is 48.9 Å². The first-order chi connectivity index (χ1) is 16.0. The molecule has 1 aliphatic heterocycles. The molecule has 3 aromatic carbocycles. The van der Waals surface area contributed by atoms with E-state index in [0.717, 1.165) is 16.5 Å². The lowest BCUT2D eigenvalue weighted by molar-refractivity contribution is -0.131. The molecule has 33 heavy (non-hydrogen) atoms. The summed E-state index contributed by atoms with van der Waals surface area (Å²) in [7, 11) is 0. The Kier molecular flexibility index (Phi) is 7.11. The summed E-state index contributed by atoms with van der Waals surface area (Å²) >= 11 is 12.0. The van der Waals surface area contributed by atoms with Crippen LogP contribution in [0.5, 0.6) is 0 Å². The van der Waals surface area contributed by atoms with Crippen molar-refractivity contribution < 1.29 is 9.59 Å². The number of nitrogens with one attached hydrogen (secondary N) is 2. The number of anilines is 2. The maximum absolute atomic E-state index is 12.9. The molecule has 4 rings (SSSR count). The van der Waals surface area contributed by atoms with Crippen LogP contribution in [0.1, 0.15) is 23.7 Å². The fourth-order valence-electron chi connectivity index (χ4n) is 4.09. The first kappa shape index (κ1) is 23.0. The minimum atomic E-state index is -0.278. The van der Waals surface area contributed by atoms with Crippen molar-refractivity contribution in [3.05, 3.63) is 71.2 Å². The third-order valence-corrected chi connectivity index (χ3v) is 6.26. The fraction of sp³-hybridized carbons (Fsp3) is 0.240. The number of hydrogen-bond donors (Lipinski definition) is 2. The van der Waals surface area contributed by atoms with Crippen molar-refractivity contribution in [2.45, 2.75) is 13.3 Å².